The summed E-state index contributed by atoms with van der Waals surface area (Å²) in [5.74, 6) is 0. The largest absolute Gasteiger partial charge is 0.441 e. The maximum Gasteiger partial charge on any atom is 0.405 e. The molecule has 0 aliphatic carbocycles. The predicted octanol–water partition coefficient (Wildman–Crippen LogP) is 0.261. The van der Waals surface area contributed by atoms with Gasteiger partial charge in [0.15, 0.2) is 0 Å². The fraction of sp³-hybridized carbons (Fsp3) is 0.833. The highest BCUT2D eigenvalue weighted by molar-refractivity contribution is 5.65. The molecule has 0 aromatic rings. The highest BCUT2D eigenvalue weighted by atomic mass is 16.6. The van der Waals surface area contributed by atoms with Gasteiger partial charge in [0, 0.05) is 6.42 Å². The lowest BCUT2D eigenvalue weighted by atomic mass is 10.1. The van der Waals surface area contributed by atoms with Crippen molar-refractivity contribution < 1.29 is 14.3 Å². The Labute approximate surface area is 59.3 Å². The van der Waals surface area contributed by atoms with Crippen LogP contribution < -0.4 is 5.73 Å². The molecular weight excluding hydrogens is 134 g/mol. The summed E-state index contributed by atoms with van der Waals surface area (Å²) in [5, 5.41) is 0. The third-order valence-corrected chi connectivity index (χ3v) is 1.53. The van der Waals surface area contributed by atoms with Gasteiger partial charge in [-0.3, -0.25) is 0 Å². The van der Waals surface area contributed by atoms with Crippen LogP contribution in [0.25, 0.3) is 0 Å². The van der Waals surface area contributed by atoms with Crippen LogP contribution in [0.5, 0.6) is 0 Å². The molecule has 1 heterocycles. The zero-order valence-corrected chi connectivity index (χ0v) is 5.92. The minimum absolute atomic E-state index is 0.454. The molecule has 2 N–H and O–H groups in total. The van der Waals surface area contributed by atoms with Gasteiger partial charge in [0.05, 0.1) is 13.2 Å². The molecule has 0 unspecified atom stereocenters. The average Bonchev–Trinajstić information content (AvgIpc) is 2.12. The van der Waals surface area contributed by atoms with Gasteiger partial charge in [-0.2, -0.15) is 0 Å². The molecule has 1 fully saturated rings. The van der Waals surface area contributed by atoms with E-state index in [1.165, 1.54) is 0 Å². The number of ether oxygens (including phenoxy) is 2. The highest BCUT2D eigenvalue weighted by Gasteiger charge is 2.32. The van der Waals surface area contributed by atoms with Crippen molar-refractivity contribution in [3.05, 3.63) is 0 Å². The van der Waals surface area contributed by atoms with Crippen LogP contribution in [0.15, 0.2) is 0 Å². The molecule has 1 atom stereocenters. The van der Waals surface area contributed by atoms with E-state index >= 15 is 0 Å². The number of carbonyl (C=O) groups excluding carboxylic acids is 1. The molecule has 1 saturated heterocycles. The Kier molecular flexibility index (Phi) is 1.80. The average molecular weight is 145 g/mol. The summed E-state index contributed by atoms with van der Waals surface area (Å²) < 4.78 is 9.84. The van der Waals surface area contributed by atoms with Crippen molar-refractivity contribution in [3.8, 4) is 0 Å². The van der Waals surface area contributed by atoms with Crippen LogP contribution in [0.3, 0.4) is 0 Å². The lowest BCUT2D eigenvalue weighted by Crippen LogP contribution is -2.34. The molecule has 0 bridgehead atoms. The van der Waals surface area contributed by atoms with Crippen molar-refractivity contribution >= 4 is 6.09 Å². The van der Waals surface area contributed by atoms with Gasteiger partial charge in [-0.05, 0) is 6.92 Å². The lowest BCUT2D eigenvalue weighted by Gasteiger charge is -2.20. The summed E-state index contributed by atoms with van der Waals surface area (Å²) in [6, 6.07) is 0. The fourth-order valence-corrected chi connectivity index (χ4v) is 0.972. The smallest absolute Gasteiger partial charge is 0.405 e. The Morgan fingerprint density at radius 3 is 2.90 bits per heavy atom. The quantitative estimate of drug-likeness (QED) is 0.575. The summed E-state index contributed by atoms with van der Waals surface area (Å²) in [5.41, 5.74) is 4.36. The number of hydrogen-bond acceptors (Lipinski definition) is 3. The Morgan fingerprint density at radius 2 is 2.50 bits per heavy atom. The number of hydrogen-bond donors (Lipinski definition) is 1. The first-order chi connectivity index (χ1) is 4.62. The first-order valence-electron chi connectivity index (χ1n) is 3.19. The maximum absolute atomic E-state index is 10.3. The lowest BCUT2D eigenvalue weighted by molar-refractivity contribution is 0.0214. The molecule has 1 aliphatic rings. The Morgan fingerprint density at radius 1 is 1.80 bits per heavy atom. The Balaban J connectivity index is 2.43. The fourth-order valence-electron chi connectivity index (χ4n) is 0.972. The first-order valence-corrected chi connectivity index (χ1v) is 3.19. The van der Waals surface area contributed by atoms with Crippen molar-refractivity contribution in [3.63, 3.8) is 0 Å². The van der Waals surface area contributed by atoms with Crippen LogP contribution >= 0.6 is 0 Å². The molecule has 4 heteroatoms. The normalized spacial score (nSPS) is 32.1. The van der Waals surface area contributed by atoms with E-state index in [0.29, 0.717) is 13.2 Å². The molecule has 1 aliphatic heterocycles. The van der Waals surface area contributed by atoms with Crippen LogP contribution in [0, 0.1) is 0 Å². The number of primary amides is 1. The molecule has 0 aromatic carbocycles. The van der Waals surface area contributed by atoms with Gasteiger partial charge < -0.3 is 15.2 Å². The topological polar surface area (TPSA) is 61.5 Å². The highest BCUT2D eigenvalue weighted by Crippen LogP contribution is 2.21. The molecule has 0 radical (unpaired) electrons. The van der Waals surface area contributed by atoms with Crippen LogP contribution in [0.2, 0.25) is 0 Å². The van der Waals surface area contributed by atoms with E-state index in [9.17, 15) is 4.79 Å². The molecule has 4 nitrogen and oxygen atoms in total. The monoisotopic (exact) mass is 145 g/mol. The maximum atomic E-state index is 10.3. The second kappa shape index (κ2) is 2.46. The number of nitrogens with two attached hydrogens (primary N) is 1. The Hall–Kier alpha value is -0.770. The van der Waals surface area contributed by atoms with E-state index in [1.54, 1.807) is 0 Å². The van der Waals surface area contributed by atoms with Gasteiger partial charge in [0.25, 0.3) is 0 Å². The summed E-state index contributed by atoms with van der Waals surface area (Å²) in [4.78, 5) is 10.3. The van der Waals surface area contributed by atoms with Crippen LogP contribution in [-0.4, -0.2) is 24.9 Å². The number of rotatable bonds is 1. The van der Waals surface area contributed by atoms with Crippen LogP contribution in [-0.2, 0) is 9.47 Å². The van der Waals surface area contributed by atoms with E-state index in [1.807, 2.05) is 6.92 Å². The van der Waals surface area contributed by atoms with E-state index < -0.39 is 11.7 Å². The van der Waals surface area contributed by atoms with E-state index in [0.717, 1.165) is 6.42 Å². The van der Waals surface area contributed by atoms with Gasteiger partial charge in [-0.15, -0.1) is 0 Å². The molecule has 0 saturated carbocycles. The molecule has 1 amide bonds. The second-order valence-electron chi connectivity index (χ2n) is 2.67. The summed E-state index contributed by atoms with van der Waals surface area (Å²) in [7, 11) is 0. The second-order valence-corrected chi connectivity index (χ2v) is 2.67. The van der Waals surface area contributed by atoms with E-state index in [-0.39, 0.29) is 0 Å². The zero-order valence-electron chi connectivity index (χ0n) is 5.92. The van der Waals surface area contributed by atoms with Gasteiger partial charge in [0.2, 0.25) is 0 Å². The van der Waals surface area contributed by atoms with Gasteiger partial charge >= 0.3 is 6.09 Å². The van der Waals surface area contributed by atoms with Gasteiger partial charge in [0.1, 0.15) is 5.60 Å². The van der Waals surface area contributed by atoms with Crippen molar-refractivity contribution in [2.45, 2.75) is 18.9 Å². The van der Waals surface area contributed by atoms with Crippen molar-refractivity contribution in [1.82, 2.24) is 0 Å². The molecule has 1 rings (SSSR count). The molecule has 58 valence electrons. The summed E-state index contributed by atoms with van der Waals surface area (Å²) in [6.07, 6.45) is 0.00338. The molecule has 0 spiro atoms. The van der Waals surface area contributed by atoms with Crippen LogP contribution in [0.4, 0.5) is 4.79 Å². The SMILES string of the molecule is C[C@@]1(OC(N)=O)CCOC1. The number of carbonyl (C=O) groups is 1. The minimum atomic E-state index is -0.729. The third-order valence-electron chi connectivity index (χ3n) is 1.53. The standard InChI is InChI=1S/C6H11NO3/c1-6(10-5(7)8)2-3-9-4-6/h2-4H2,1H3,(H2,7,8)/t6-/m1/s1. The predicted molar refractivity (Wildman–Crippen MR) is 34.5 cm³/mol. The van der Waals surface area contributed by atoms with E-state index in [4.69, 9.17) is 15.2 Å². The summed E-state index contributed by atoms with van der Waals surface area (Å²) in [6.45, 7) is 2.91. The van der Waals surface area contributed by atoms with E-state index in [2.05, 4.69) is 0 Å². The zero-order chi connectivity index (χ0) is 7.61. The summed E-state index contributed by atoms with van der Waals surface area (Å²) >= 11 is 0. The van der Waals surface area contributed by atoms with Crippen molar-refractivity contribution in [1.29, 1.82) is 0 Å². The van der Waals surface area contributed by atoms with Crippen molar-refractivity contribution in [2.24, 2.45) is 5.73 Å². The van der Waals surface area contributed by atoms with Gasteiger partial charge in [-0.25, -0.2) is 4.79 Å². The van der Waals surface area contributed by atoms with Crippen molar-refractivity contribution in [2.75, 3.05) is 13.2 Å². The number of amides is 1. The van der Waals surface area contributed by atoms with Crippen LogP contribution in [0.1, 0.15) is 13.3 Å². The Bertz CT molecular complexity index is 140. The molecule has 10 heavy (non-hydrogen) atoms. The first kappa shape index (κ1) is 7.34. The minimum Gasteiger partial charge on any atom is -0.441 e. The molecular formula is C6H11NO3. The van der Waals surface area contributed by atoms with Gasteiger partial charge in [-0.1, -0.05) is 0 Å². The molecule has 0 aromatic heterocycles. The third kappa shape index (κ3) is 1.60.